The summed E-state index contributed by atoms with van der Waals surface area (Å²) in [6.45, 7) is 2.00. The summed E-state index contributed by atoms with van der Waals surface area (Å²) >= 11 is 0. The van der Waals surface area contributed by atoms with Crippen LogP contribution in [0.1, 0.15) is 21.7 Å². The molecule has 0 aliphatic rings. The molecule has 0 saturated heterocycles. The number of fused-ring (bicyclic) bond motifs is 1. The van der Waals surface area contributed by atoms with Gasteiger partial charge in [-0.3, -0.25) is 9.78 Å². The number of rotatable bonds is 3. The summed E-state index contributed by atoms with van der Waals surface area (Å²) in [6.07, 6.45) is 3.07. The molecule has 1 aromatic carbocycles. The molecule has 0 N–H and O–H groups in total. The average molecular weight is 267 g/mol. The molecular weight excluding hydrogens is 254 g/mol. The summed E-state index contributed by atoms with van der Waals surface area (Å²) in [7, 11) is 1.51. The molecule has 0 aliphatic carbocycles. The van der Waals surface area contributed by atoms with Crippen molar-refractivity contribution < 1.29 is 13.9 Å². The maximum atomic E-state index is 12.5. The van der Waals surface area contributed by atoms with Crippen molar-refractivity contribution in [3.05, 3.63) is 59.6 Å². The summed E-state index contributed by atoms with van der Waals surface area (Å²) in [4.78, 5) is 16.4. The SMILES string of the molecule is COc1cnccc1C(=O)c1cc2cc(C)ccc2o1. The zero-order valence-electron chi connectivity index (χ0n) is 11.2. The molecule has 4 heteroatoms. The third kappa shape index (κ3) is 2.05. The second-order valence-corrected chi connectivity index (χ2v) is 4.56. The molecule has 3 rings (SSSR count). The monoisotopic (exact) mass is 267 g/mol. The van der Waals surface area contributed by atoms with Gasteiger partial charge in [-0.2, -0.15) is 0 Å². The van der Waals surface area contributed by atoms with E-state index in [0.717, 1.165) is 10.9 Å². The fourth-order valence-corrected chi connectivity index (χ4v) is 2.14. The summed E-state index contributed by atoms with van der Waals surface area (Å²) in [5.41, 5.74) is 2.27. The molecule has 0 bridgehead atoms. The van der Waals surface area contributed by atoms with E-state index < -0.39 is 0 Å². The van der Waals surface area contributed by atoms with E-state index in [1.165, 1.54) is 13.3 Å². The van der Waals surface area contributed by atoms with E-state index in [-0.39, 0.29) is 5.78 Å². The number of methoxy groups -OCH3 is 1. The number of pyridine rings is 1. The van der Waals surface area contributed by atoms with Gasteiger partial charge in [0, 0.05) is 11.6 Å². The number of nitrogens with zero attached hydrogens (tertiary/aromatic N) is 1. The number of aryl methyl sites for hydroxylation is 1. The van der Waals surface area contributed by atoms with Gasteiger partial charge in [0.25, 0.3) is 0 Å². The smallest absolute Gasteiger partial charge is 0.232 e. The van der Waals surface area contributed by atoms with Crippen LogP contribution in [0, 0.1) is 6.92 Å². The predicted octanol–water partition coefficient (Wildman–Crippen LogP) is 3.38. The molecule has 0 spiro atoms. The quantitative estimate of drug-likeness (QED) is 0.683. The van der Waals surface area contributed by atoms with Gasteiger partial charge in [0.15, 0.2) is 5.76 Å². The summed E-state index contributed by atoms with van der Waals surface area (Å²) in [6, 6.07) is 9.18. The van der Waals surface area contributed by atoms with E-state index in [4.69, 9.17) is 9.15 Å². The van der Waals surface area contributed by atoms with Crippen molar-refractivity contribution in [2.75, 3.05) is 7.11 Å². The number of benzene rings is 1. The van der Waals surface area contributed by atoms with Crippen LogP contribution >= 0.6 is 0 Å². The normalized spacial score (nSPS) is 10.7. The van der Waals surface area contributed by atoms with Gasteiger partial charge in [-0.1, -0.05) is 11.6 Å². The van der Waals surface area contributed by atoms with Crippen LogP contribution in [0.15, 0.2) is 47.1 Å². The summed E-state index contributed by atoms with van der Waals surface area (Å²) in [5.74, 6) is 0.530. The Morgan fingerprint density at radius 2 is 2.10 bits per heavy atom. The van der Waals surface area contributed by atoms with Gasteiger partial charge in [0.1, 0.15) is 11.3 Å². The number of ether oxygens (including phenoxy) is 1. The lowest BCUT2D eigenvalue weighted by atomic mass is 10.1. The van der Waals surface area contributed by atoms with Crippen molar-refractivity contribution in [1.82, 2.24) is 4.98 Å². The Labute approximate surface area is 116 Å². The maximum absolute atomic E-state index is 12.5. The highest BCUT2D eigenvalue weighted by Gasteiger charge is 2.18. The van der Waals surface area contributed by atoms with Crippen LogP contribution in [0.4, 0.5) is 0 Å². The highest BCUT2D eigenvalue weighted by Crippen LogP contribution is 2.25. The first kappa shape index (κ1) is 12.4. The minimum atomic E-state index is -0.210. The zero-order valence-corrected chi connectivity index (χ0v) is 11.2. The minimum Gasteiger partial charge on any atom is -0.494 e. The van der Waals surface area contributed by atoms with Gasteiger partial charge < -0.3 is 9.15 Å². The summed E-state index contributed by atoms with van der Waals surface area (Å²) in [5, 5.41) is 0.918. The van der Waals surface area contributed by atoms with E-state index in [2.05, 4.69) is 4.98 Å². The van der Waals surface area contributed by atoms with E-state index in [9.17, 15) is 4.79 Å². The van der Waals surface area contributed by atoms with Crippen molar-refractivity contribution in [3.8, 4) is 5.75 Å². The Kier molecular flexibility index (Phi) is 2.99. The van der Waals surface area contributed by atoms with Crippen LogP contribution in [0.3, 0.4) is 0 Å². The lowest BCUT2D eigenvalue weighted by Gasteiger charge is -2.04. The molecule has 0 fully saturated rings. The Morgan fingerprint density at radius 3 is 2.90 bits per heavy atom. The molecular formula is C16H13NO3. The zero-order chi connectivity index (χ0) is 14.1. The second kappa shape index (κ2) is 4.81. The fraction of sp³-hybridized carbons (Fsp3) is 0.125. The number of hydrogen-bond acceptors (Lipinski definition) is 4. The van der Waals surface area contributed by atoms with E-state index in [1.807, 2.05) is 25.1 Å². The second-order valence-electron chi connectivity index (χ2n) is 4.56. The van der Waals surface area contributed by atoms with Crippen LogP contribution < -0.4 is 4.74 Å². The van der Waals surface area contributed by atoms with Crippen LogP contribution in [-0.4, -0.2) is 17.9 Å². The molecule has 0 atom stereocenters. The maximum Gasteiger partial charge on any atom is 0.232 e. The molecule has 0 saturated carbocycles. The van der Waals surface area contributed by atoms with Crippen molar-refractivity contribution in [2.24, 2.45) is 0 Å². The van der Waals surface area contributed by atoms with Crippen molar-refractivity contribution in [3.63, 3.8) is 0 Å². The topological polar surface area (TPSA) is 52.3 Å². The lowest BCUT2D eigenvalue weighted by molar-refractivity contribution is 0.101. The van der Waals surface area contributed by atoms with Crippen LogP contribution in [0.25, 0.3) is 11.0 Å². The van der Waals surface area contributed by atoms with Crippen molar-refractivity contribution >= 4 is 16.8 Å². The molecule has 0 amide bonds. The third-order valence-corrected chi connectivity index (χ3v) is 3.14. The highest BCUT2D eigenvalue weighted by atomic mass is 16.5. The largest absolute Gasteiger partial charge is 0.494 e. The Hall–Kier alpha value is -2.62. The average Bonchev–Trinajstić information content (AvgIpc) is 2.89. The molecule has 2 aromatic heterocycles. The number of furan rings is 1. The van der Waals surface area contributed by atoms with Gasteiger partial charge in [-0.15, -0.1) is 0 Å². The first-order chi connectivity index (χ1) is 9.69. The molecule has 3 aromatic rings. The Balaban J connectivity index is 2.08. The molecule has 0 aliphatic heterocycles. The fourth-order valence-electron chi connectivity index (χ4n) is 2.14. The highest BCUT2D eigenvalue weighted by molar-refractivity contribution is 6.10. The number of hydrogen-bond donors (Lipinski definition) is 0. The number of aromatic nitrogens is 1. The standard InChI is InChI=1S/C16H13NO3/c1-10-3-4-13-11(7-10)8-14(20-13)16(18)12-5-6-17-9-15(12)19-2/h3-9H,1-2H3. The first-order valence-corrected chi connectivity index (χ1v) is 6.22. The van der Waals surface area contributed by atoms with Crippen molar-refractivity contribution in [1.29, 1.82) is 0 Å². The Bertz CT molecular complexity index is 789. The molecule has 0 radical (unpaired) electrons. The van der Waals surface area contributed by atoms with Gasteiger partial charge in [-0.25, -0.2) is 0 Å². The van der Waals surface area contributed by atoms with Crippen LogP contribution in [0.2, 0.25) is 0 Å². The number of carbonyl (C=O) groups is 1. The van der Waals surface area contributed by atoms with Crippen LogP contribution in [-0.2, 0) is 0 Å². The van der Waals surface area contributed by atoms with E-state index >= 15 is 0 Å². The van der Waals surface area contributed by atoms with Crippen LogP contribution in [0.5, 0.6) is 5.75 Å². The summed E-state index contributed by atoms with van der Waals surface area (Å²) < 4.78 is 10.8. The number of ketones is 1. The van der Waals surface area contributed by atoms with Gasteiger partial charge >= 0.3 is 0 Å². The van der Waals surface area contributed by atoms with E-state index in [1.54, 1.807) is 18.3 Å². The lowest BCUT2D eigenvalue weighted by Crippen LogP contribution is -2.02. The predicted molar refractivity (Wildman–Crippen MR) is 75.2 cm³/mol. The molecule has 4 nitrogen and oxygen atoms in total. The molecule has 20 heavy (non-hydrogen) atoms. The first-order valence-electron chi connectivity index (χ1n) is 6.22. The van der Waals surface area contributed by atoms with Gasteiger partial charge in [0.05, 0.1) is 18.9 Å². The van der Waals surface area contributed by atoms with Crippen molar-refractivity contribution in [2.45, 2.75) is 6.92 Å². The Morgan fingerprint density at radius 1 is 1.25 bits per heavy atom. The minimum absolute atomic E-state index is 0.210. The van der Waals surface area contributed by atoms with E-state index in [0.29, 0.717) is 22.7 Å². The molecule has 2 heterocycles. The van der Waals surface area contributed by atoms with Gasteiger partial charge in [-0.05, 0) is 31.2 Å². The molecule has 100 valence electrons. The molecule has 0 unspecified atom stereocenters. The number of carbonyl (C=O) groups excluding carboxylic acids is 1. The third-order valence-electron chi connectivity index (χ3n) is 3.14. The van der Waals surface area contributed by atoms with Gasteiger partial charge in [0.2, 0.25) is 5.78 Å².